The minimum Gasteiger partial charge on any atom is -0.353 e. The number of rotatable bonds is 1. The summed E-state index contributed by atoms with van der Waals surface area (Å²) in [7, 11) is 0.973. The molecular formula is C4H6BN2O2S. The zero-order chi connectivity index (χ0) is 7.72. The highest BCUT2D eigenvalue weighted by Crippen LogP contribution is 2.15. The Labute approximate surface area is 64.4 Å². The van der Waals surface area contributed by atoms with Gasteiger partial charge in [-0.1, -0.05) is 0 Å². The van der Waals surface area contributed by atoms with E-state index in [1.807, 2.05) is 0 Å². The number of nitrogens with zero attached hydrogens (tertiary/aromatic N) is 1. The summed E-state index contributed by atoms with van der Waals surface area (Å²) in [6, 6.07) is 0. The molecule has 1 radical (unpaired) electrons. The Kier molecular flexibility index (Phi) is 2.01. The maximum Gasteiger partial charge on any atom is 0.356 e. The molecule has 2 amide bonds. The van der Waals surface area contributed by atoms with Crippen LogP contribution >= 0.6 is 12.6 Å². The second-order valence-corrected chi connectivity index (χ2v) is 2.59. The van der Waals surface area contributed by atoms with Crippen LogP contribution in [0, 0.1) is 0 Å². The van der Waals surface area contributed by atoms with Crippen molar-refractivity contribution in [2.24, 2.45) is 5.64 Å². The zero-order valence-electron chi connectivity index (χ0n) is 5.15. The Morgan fingerprint density at radius 3 is 2.50 bits per heavy atom. The number of carbonyl (C=O) groups excluding carboxylic acids is 2. The lowest BCUT2D eigenvalue weighted by atomic mass is 10.1. The van der Waals surface area contributed by atoms with Gasteiger partial charge in [-0.25, -0.2) is 0 Å². The molecule has 2 N–H and O–H groups in total. The van der Waals surface area contributed by atoms with E-state index in [2.05, 4.69) is 12.6 Å². The van der Waals surface area contributed by atoms with E-state index < -0.39 is 5.25 Å². The van der Waals surface area contributed by atoms with Gasteiger partial charge in [0, 0.05) is 6.42 Å². The van der Waals surface area contributed by atoms with Gasteiger partial charge in [-0.05, 0) is 0 Å². The van der Waals surface area contributed by atoms with Crippen LogP contribution < -0.4 is 5.64 Å². The predicted molar refractivity (Wildman–Crippen MR) is 39.2 cm³/mol. The van der Waals surface area contributed by atoms with Gasteiger partial charge in [-0.3, -0.25) is 9.59 Å². The predicted octanol–water partition coefficient (Wildman–Crippen LogP) is -1.46. The van der Waals surface area contributed by atoms with Crippen molar-refractivity contribution in [2.75, 3.05) is 0 Å². The summed E-state index contributed by atoms with van der Waals surface area (Å²) in [6.45, 7) is 0. The second kappa shape index (κ2) is 2.63. The molecule has 1 aliphatic rings. The van der Waals surface area contributed by atoms with Gasteiger partial charge in [0.25, 0.3) is 0 Å². The van der Waals surface area contributed by atoms with E-state index in [0.717, 1.165) is 12.4 Å². The number of amides is 2. The first-order valence-corrected chi connectivity index (χ1v) is 3.27. The highest BCUT2D eigenvalue weighted by Gasteiger charge is 2.35. The second-order valence-electron chi connectivity index (χ2n) is 1.97. The van der Waals surface area contributed by atoms with Gasteiger partial charge in [0.1, 0.15) is 0 Å². The summed E-state index contributed by atoms with van der Waals surface area (Å²) in [5.74, 6) is -0.622. The monoisotopic (exact) mass is 157 g/mol. The maximum atomic E-state index is 10.9. The molecule has 6 heteroatoms. The molecule has 1 fully saturated rings. The smallest absolute Gasteiger partial charge is 0.353 e. The van der Waals surface area contributed by atoms with Gasteiger partial charge in [0.05, 0.1) is 5.25 Å². The molecule has 0 aliphatic carbocycles. The summed E-state index contributed by atoms with van der Waals surface area (Å²) in [6.07, 6.45) is 0.148. The maximum absolute atomic E-state index is 10.9. The summed E-state index contributed by atoms with van der Waals surface area (Å²) in [5, 5.41) is -0.507. The Hall–Kier alpha value is -0.485. The molecule has 0 aromatic heterocycles. The first-order chi connectivity index (χ1) is 4.66. The van der Waals surface area contributed by atoms with Gasteiger partial charge in [0.15, 0.2) is 0 Å². The zero-order valence-corrected chi connectivity index (χ0v) is 6.04. The number of hydrogen-bond donors (Lipinski definition) is 2. The molecule has 53 valence electrons. The molecule has 0 bridgehead atoms. The van der Waals surface area contributed by atoms with E-state index in [4.69, 9.17) is 5.64 Å². The van der Waals surface area contributed by atoms with Crippen LogP contribution in [0.15, 0.2) is 0 Å². The van der Waals surface area contributed by atoms with E-state index >= 15 is 0 Å². The lowest BCUT2D eigenvalue weighted by Crippen LogP contribution is -2.39. The van der Waals surface area contributed by atoms with Crippen LogP contribution in [0.5, 0.6) is 0 Å². The van der Waals surface area contributed by atoms with Crippen molar-refractivity contribution in [3.05, 3.63) is 0 Å². The average molecular weight is 157 g/mol. The molecule has 0 saturated carbocycles. The largest absolute Gasteiger partial charge is 0.356 e. The highest BCUT2D eigenvalue weighted by molar-refractivity contribution is 7.81. The quantitative estimate of drug-likeness (QED) is 0.277. The van der Waals surface area contributed by atoms with E-state index in [1.165, 1.54) is 0 Å². The topological polar surface area (TPSA) is 63.4 Å². The molecule has 1 saturated heterocycles. The Morgan fingerprint density at radius 1 is 1.70 bits per heavy atom. The van der Waals surface area contributed by atoms with Crippen LogP contribution in [0.1, 0.15) is 6.42 Å². The molecule has 1 rings (SSSR count). The average Bonchev–Trinajstić information content (AvgIpc) is 2.09. The van der Waals surface area contributed by atoms with E-state index in [1.54, 1.807) is 0 Å². The van der Waals surface area contributed by atoms with Gasteiger partial charge < -0.3 is 10.5 Å². The normalized spacial score (nSPS) is 25.8. The standard InChI is InChI=1S/C4H6BN2O2S/c6-5-7-3(8)1-2(10)4(7)9/h2,10H,1,6H2. The van der Waals surface area contributed by atoms with Gasteiger partial charge >= 0.3 is 7.55 Å². The molecule has 10 heavy (non-hydrogen) atoms. The van der Waals surface area contributed by atoms with Crippen molar-refractivity contribution in [1.29, 1.82) is 0 Å². The third kappa shape index (κ3) is 1.04. The summed E-state index contributed by atoms with van der Waals surface area (Å²) < 4.78 is 0. The van der Waals surface area contributed by atoms with Gasteiger partial charge in [-0.2, -0.15) is 12.6 Å². The van der Waals surface area contributed by atoms with Crippen LogP contribution in [0.2, 0.25) is 0 Å². The Bertz CT molecular complexity index is 186. The van der Waals surface area contributed by atoms with Crippen molar-refractivity contribution >= 4 is 32.0 Å². The van der Waals surface area contributed by atoms with Crippen LogP contribution in [0.3, 0.4) is 0 Å². The summed E-state index contributed by atoms with van der Waals surface area (Å²) >= 11 is 3.87. The molecule has 0 aromatic rings. The van der Waals surface area contributed by atoms with E-state index in [0.29, 0.717) is 0 Å². The Morgan fingerprint density at radius 2 is 2.30 bits per heavy atom. The van der Waals surface area contributed by atoms with Crippen molar-refractivity contribution < 1.29 is 9.59 Å². The molecule has 0 spiro atoms. The fourth-order valence-corrected chi connectivity index (χ4v) is 1.07. The van der Waals surface area contributed by atoms with Crippen molar-refractivity contribution in [3.8, 4) is 0 Å². The molecule has 1 aliphatic heterocycles. The number of imide groups is 1. The highest BCUT2D eigenvalue weighted by atomic mass is 32.1. The molecular weight excluding hydrogens is 151 g/mol. The fraction of sp³-hybridized carbons (Fsp3) is 0.500. The summed E-state index contributed by atoms with van der Waals surface area (Å²) in [4.78, 5) is 22.5. The minimum atomic E-state index is -0.507. The molecule has 0 aromatic carbocycles. The molecule has 1 atom stereocenters. The first kappa shape index (κ1) is 7.62. The van der Waals surface area contributed by atoms with Crippen molar-refractivity contribution in [1.82, 2.24) is 4.81 Å². The van der Waals surface area contributed by atoms with Crippen LogP contribution in [-0.2, 0) is 9.59 Å². The van der Waals surface area contributed by atoms with Gasteiger partial charge in [0.2, 0.25) is 11.8 Å². The number of carbonyl (C=O) groups is 2. The first-order valence-electron chi connectivity index (χ1n) is 2.76. The number of nitrogens with two attached hydrogens (primary N) is 1. The fourth-order valence-electron chi connectivity index (χ4n) is 0.791. The van der Waals surface area contributed by atoms with Crippen LogP contribution in [0.25, 0.3) is 0 Å². The number of hydrogen-bond acceptors (Lipinski definition) is 4. The van der Waals surface area contributed by atoms with E-state index in [-0.39, 0.29) is 18.2 Å². The van der Waals surface area contributed by atoms with E-state index in [9.17, 15) is 9.59 Å². The van der Waals surface area contributed by atoms with Crippen molar-refractivity contribution in [3.63, 3.8) is 0 Å². The Balaban J connectivity index is 2.74. The minimum absolute atomic E-state index is 0.148. The molecule has 4 nitrogen and oxygen atoms in total. The lowest BCUT2D eigenvalue weighted by Gasteiger charge is -2.07. The van der Waals surface area contributed by atoms with Gasteiger partial charge in [-0.15, -0.1) is 0 Å². The summed E-state index contributed by atoms with van der Waals surface area (Å²) in [5.41, 5.74) is 5.00. The van der Waals surface area contributed by atoms with Crippen LogP contribution in [-0.4, -0.2) is 29.4 Å². The lowest BCUT2D eigenvalue weighted by molar-refractivity contribution is -0.132. The van der Waals surface area contributed by atoms with Crippen LogP contribution in [0.4, 0.5) is 0 Å². The third-order valence-corrected chi connectivity index (χ3v) is 1.71. The third-order valence-electron chi connectivity index (χ3n) is 1.31. The SMILES string of the molecule is N[B]N1C(=O)CC(S)C1=O. The van der Waals surface area contributed by atoms with Crippen molar-refractivity contribution in [2.45, 2.75) is 11.7 Å². The molecule has 1 unspecified atom stereocenters. The number of thiol groups is 1. The molecule has 1 heterocycles.